The molecule has 26 heteroatoms. The average molecular weight is 829 g/mol. The largest absolute Gasteiger partial charge is 0.435 e. The van der Waals surface area contributed by atoms with Crippen molar-refractivity contribution in [1.29, 1.82) is 0 Å². The number of ether oxygens (including phenoxy) is 9. The number of rotatable bonds is 16. The van der Waals surface area contributed by atoms with E-state index in [2.05, 4.69) is 13.1 Å². The number of carbonyl (C=O) groups excluding carboxylic acids is 2. The molecule has 4 aliphatic heterocycles. The maximum atomic E-state index is 11.5. The minimum absolute atomic E-state index is 0.0172. The number of aliphatic hydroxyl groups excluding tert-OH is 5. The summed E-state index contributed by atoms with van der Waals surface area (Å²) in [5.74, 6) is -3.80. The molecular weight excluding hydrogens is 784 g/mol. The molecule has 24 nitrogen and oxygen atoms in total. The van der Waals surface area contributed by atoms with Crippen LogP contribution in [0.4, 0.5) is 0 Å². The number of hydrogen-bond donors (Lipinski definition) is 7. The van der Waals surface area contributed by atoms with Crippen LogP contribution in [-0.2, 0) is 81.4 Å². The maximum Gasteiger partial charge on any atom is 0.397 e. The summed E-state index contributed by atoms with van der Waals surface area (Å²) in [7, 11) is -10.1. The van der Waals surface area contributed by atoms with E-state index in [9.17, 15) is 56.5 Å². The first-order valence-electron chi connectivity index (χ1n) is 16.3. The molecule has 4 heterocycles. The molecule has 0 spiro atoms. The van der Waals surface area contributed by atoms with Crippen molar-refractivity contribution in [3.8, 4) is 0 Å². The van der Waals surface area contributed by atoms with Crippen molar-refractivity contribution in [2.75, 3.05) is 13.2 Å². The maximum absolute atomic E-state index is 11.5. The number of carbonyl (C=O) groups is 2. The Balaban J connectivity index is 1.54. The van der Waals surface area contributed by atoms with E-state index in [1.165, 1.54) is 13.8 Å². The molecule has 7 N–H and O–H groups in total. The molecule has 0 aromatic heterocycles. The Labute approximate surface area is 308 Å². The van der Waals surface area contributed by atoms with Gasteiger partial charge < -0.3 is 68.2 Å². The van der Waals surface area contributed by atoms with Crippen LogP contribution in [0, 0.1) is 23.7 Å². The van der Waals surface area contributed by atoms with E-state index in [0.717, 1.165) is 6.08 Å². The van der Waals surface area contributed by atoms with Crippen LogP contribution in [0.3, 0.4) is 0 Å². The molecule has 0 aromatic carbocycles. The second-order valence-corrected chi connectivity index (χ2v) is 15.2. The molecule has 18 atom stereocenters. The Morgan fingerprint density at radius 2 is 1.20 bits per heavy atom. The van der Waals surface area contributed by atoms with Crippen LogP contribution in [-0.4, -0.2) is 164 Å². The summed E-state index contributed by atoms with van der Waals surface area (Å²) in [6.07, 6.45) is -21.9. The zero-order valence-electron chi connectivity index (χ0n) is 28.9. The third-order valence-electron chi connectivity index (χ3n) is 9.46. The highest BCUT2D eigenvalue weighted by atomic mass is 32.3. The van der Waals surface area contributed by atoms with Gasteiger partial charge in [-0.15, -0.1) is 0 Å². The van der Waals surface area contributed by atoms with E-state index in [0.29, 0.717) is 0 Å². The topological polar surface area (TPSA) is 346 Å². The molecule has 0 aliphatic carbocycles. The van der Waals surface area contributed by atoms with Gasteiger partial charge in [0.15, 0.2) is 25.0 Å². The fourth-order valence-electron chi connectivity index (χ4n) is 6.11. The summed E-state index contributed by atoms with van der Waals surface area (Å²) in [6, 6.07) is 0. The SMILES string of the molecule is CC1C(O)OC(COS(=O)(=O)O)[C@@H](O[C@@H]2OC(OC=O)[C@@H](O[C@@H]3OC(COS(=O)(=O)O)[C@@H](O[C@@H]4OC(OC=O)=CC(O)[C@@H]4C)[C@H](O)C3C)[C@H](O)C2O)[C@@H]1C. The lowest BCUT2D eigenvalue weighted by Crippen LogP contribution is -2.64. The zero-order valence-corrected chi connectivity index (χ0v) is 30.6. The molecule has 3 saturated heterocycles. The lowest BCUT2D eigenvalue weighted by Gasteiger charge is -2.49. The van der Waals surface area contributed by atoms with Gasteiger partial charge in [0.2, 0.25) is 12.6 Å². The highest BCUT2D eigenvalue weighted by molar-refractivity contribution is 7.81. The summed E-state index contributed by atoms with van der Waals surface area (Å²) >= 11 is 0. The van der Waals surface area contributed by atoms with E-state index < -0.39 is 150 Å². The van der Waals surface area contributed by atoms with Crippen LogP contribution < -0.4 is 0 Å². The monoisotopic (exact) mass is 828 g/mol. The predicted octanol–water partition coefficient (Wildman–Crippen LogP) is -3.56. The van der Waals surface area contributed by atoms with Gasteiger partial charge in [-0.25, -0.2) is 8.37 Å². The van der Waals surface area contributed by atoms with Gasteiger partial charge in [-0.3, -0.25) is 18.7 Å². The molecule has 54 heavy (non-hydrogen) atoms. The van der Waals surface area contributed by atoms with Crippen LogP contribution in [0.1, 0.15) is 27.7 Å². The Kier molecular flexibility index (Phi) is 15.1. The van der Waals surface area contributed by atoms with Gasteiger partial charge in [-0.1, -0.05) is 27.7 Å². The van der Waals surface area contributed by atoms with E-state index in [4.69, 9.17) is 42.4 Å². The van der Waals surface area contributed by atoms with Gasteiger partial charge in [0.05, 0.1) is 31.5 Å². The van der Waals surface area contributed by atoms with E-state index >= 15 is 0 Å². The van der Waals surface area contributed by atoms with E-state index in [1.54, 1.807) is 13.8 Å². The van der Waals surface area contributed by atoms with Crippen LogP contribution in [0.15, 0.2) is 12.0 Å². The van der Waals surface area contributed by atoms with Crippen molar-refractivity contribution in [1.82, 2.24) is 0 Å². The molecule has 0 amide bonds. The second kappa shape index (κ2) is 18.4. The quantitative estimate of drug-likeness (QED) is 0.0584. The van der Waals surface area contributed by atoms with Crippen molar-refractivity contribution in [2.24, 2.45) is 23.7 Å². The molecule has 312 valence electrons. The number of aliphatic hydroxyl groups is 5. The molecule has 0 radical (unpaired) electrons. The zero-order chi connectivity index (χ0) is 40.3. The Bertz CT molecular complexity index is 1510. The van der Waals surface area contributed by atoms with Gasteiger partial charge in [0.1, 0.15) is 30.5 Å². The lowest BCUT2D eigenvalue weighted by molar-refractivity contribution is -0.394. The molecule has 0 bridgehead atoms. The smallest absolute Gasteiger partial charge is 0.397 e. The molecule has 0 aromatic rings. The molecular formula is C28H44O24S2. The van der Waals surface area contributed by atoms with Crippen molar-refractivity contribution in [2.45, 2.75) is 114 Å². The van der Waals surface area contributed by atoms with E-state index in [-0.39, 0.29) is 12.9 Å². The minimum atomic E-state index is -5.10. The molecule has 4 aliphatic rings. The van der Waals surface area contributed by atoms with Gasteiger partial charge in [-0.05, 0) is 5.92 Å². The highest BCUT2D eigenvalue weighted by Gasteiger charge is 2.54. The van der Waals surface area contributed by atoms with Gasteiger partial charge in [-0.2, -0.15) is 16.8 Å². The summed E-state index contributed by atoms with van der Waals surface area (Å²) < 4.78 is 122. The Morgan fingerprint density at radius 3 is 1.78 bits per heavy atom. The normalized spacial score (nSPS) is 43.4. The van der Waals surface area contributed by atoms with Crippen LogP contribution >= 0.6 is 0 Å². The first-order valence-corrected chi connectivity index (χ1v) is 19.0. The Morgan fingerprint density at radius 1 is 0.630 bits per heavy atom. The second-order valence-electron chi connectivity index (χ2n) is 13.0. The summed E-state index contributed by atoms with van der Waals surface area (Å²) in [5.41, 5.74) is 0. The van der Waals surface area contributed by atoms with Crippen molar-refractivity contribution in [3.63, 3.8) is 0 Å². The summed E-state index contributed by atoms with van der Waals surface area (Å²) in [4.78, 5) is 22.4. The minimum Gasteiger partial charge on any atom is -0.435 e. The number of hydrogen-bond acceptors (Lipinski definition) is 22. The third kappa shape index (κ3) is 11.0. The fourth-order valence-corrected chi connectivity index (χ4v) is 6.73. The first-order chi connectivity index (χ1) is 25.1. The molecule has 3 fully saturated rings. The molecule has 8 unspecified atom stereocenters. The molecule has 0 saturated carbocycles. The lowest BCUT2D eigenvalue weighted by atomic mass is 9.84. The Hall–Kier alpha value is -2.22. The van der Waals surface area contributed by atoms with Crippen LogP contribution in [0.2, 0.25) is 0 Å². The van der Waals surface area contributed by atoms with Gasteiger partial charge in [0, 0.05) is 23.8 Å². The van der Waals surface area contributed by atoms with Crippen molar-refractivity contribution >= 4 is 33.7 Å². The first kappa shape index (κ1) is 44.5. The van der Waals surface area contributed by atoms with Gasteiger partial charge >= 0.3 is 27.3 Å². The molecule has 4 rings (SSSR count). The van der Waals surface area contributed by atoms with Crippen molar-refractivity contribution < 1.29 is 112 Å². The third-order valence-corrected chi connectivity index (χ3v) is 10.3. The van der Waals surface area contributed by atoms with Crippen LogP contribution in [0.5, 0.6) is 0 Å². The van der Waals surface area contributed by atoms with Crippen molar-refractivity contribution in [3.05, 3.63) is 12.0 Å². The fraction of sp³-hybridized carbons (Fsp3) is 0.857. The highest BCUT2D eigenvalue weighted by Crippen LogP contribution is 2.38. The van der Waals surface area contributed by atoms with E-state index in [1.807, 2.05) is 0 Å². The summed E-state index contributed by atoms with van der Waals surface area (Å²) in [5, 5.41) is 54.4. The van der Waals surface area contributed by atoms with Gasteiger partial charge in [0.25, 0.3) is 12.4 Å². The standard InChI is InChI=1S/C28H44O24S2/c1-10-11(2)24(35)46-15(6-44-53(36,37)38)21(10)49-27-20(34)19(33)23(28(52-27)43-9-30)51-26-13(4)18(32)22(16(47-26)7-45-54(39,40)41)50-25-12(3)14(31)5-17(48-25)42-8-29/h5,8-16,18-28,31-35H,6-7H2,1-4H3,(H,36,37,38)(H,39,40,41)/t10-,11?,12+,13?,14?,15?,16?,18-,19-,20?,21+,22-,23+,24?,25+,26+,27-,28?/m1/s1. The summed E-state index contributed by atoms with van der Waals surface area (Å²) in [6.45, 7) is 4.01. The van der Waals surface area contributed by atoms with Crippen LogP contribution in [0.25, 0.3) is 0 Å². The average Bonchev–Trinajstić information content (AvgIpc) is 3.08. The predicted molar refractivity (Wildman–Crippen MR) is 166 cm³/mol.